The van der Waals surface area contributed by atoms with Crippen LogP contribution in [0.15, 0.2) is 81.1 Å². The summed E-state index contributed by atoms with van der Waals surface area (Å²) in [6.07, 6.45) is 1.67. The van der Waals surface area contributed by atoms with Crippen LogP contribution in [0.2, 0.25) is 0 Å². The molecule has 0 fully saturated rings. The van der Waals surface area contributed by atoms with Crippen LogP contribution in [0.3, 0.4) is 0 Å². The number of hydrogen-bond donors (Lipinski definition) is 1. The van der Waals surface area contributed by atoms with Gasteiger partial charge in [0.05, 0.1) is 17.7 Å². The lowest BCUT2D eigenvalue weighted by Crippen LogP contribution is -2.33. The molecule has 0 spiro atoms. The fraction of sp³-hybridized carbons (Fsp3) is 0.143. The molecule has 3 aromatic rings. The van der Waals surface area contributed by atoms with E-state index in [-0.39, 0.29) is 11.5 Å². The molecule has 2 heterocycles. The van der Waals surface area contributed by atoms with E-state index in [1.165, 1.54) is 12.3 Å². The van der Waals surface area contributed by atoms with Crippen molar-refractivity contribution in [1.82, 2.24) is 0 Å². The van der Waals surface area contributed by atoms with Gasteiger partial charge in [0.1, 0.15) is 0 Å². The normalized spacial score (nSPS) is 18.7. The monoisotopic (exact) mass is 331 g/mol. The minimum Gasteiger partial charge on any atom is -0.502 e. The highest BCUT2D eigenvalue weighted by Crippen LogP contribution is 2.44. The lowest BCUT2D eigenvalue weighted by atomic mass is 9.74. The van der Waals surface area contributed by atoms with Crippen LogP contribution in [0.5, 0.6) is 5.75 Å². The Balaban J connectivity index is 1.88. The summed E-state index contributed by atoms with van der Waals surface area (Å²) in [6, 6.07) is 19.1. The maximum atomic E-state index is 11.8. The number of fused-ring (bicyclic) bond motifs is 1. The first-order chi connectivity index (χ1) is 12.1. The summed E-state index contributed by atoms with van der Waals surface area (Å²) in [5.74, 6) is -0.0594. The van der Waals surface area contributed by atoms with Crippen molar-refractivity contribution in [2.24, 2.45) is 4.99 Å². The zero-order valence-electron chi connectivity index (χ0n) is 13.8. The van der Waals surface area contributed by atoms with Crippen LogP contribution in [0.1, 0.15) is 23.8 Å². The van der Waals surface area contributed by atoms with Gasteiger partial charge in [0, 0.05) is 17.9 Å². The highest BCUT2D eigenvalue weighted by atomic mass is 16.4. The molecule has 25 heavy (non-hydrogen) atoms. The predicted molar refractivity (Wildman–Crippen MR) is 96.8 cm³/mol. The first kappa shape index (κ1) is 15.4. The zero-order chi connectivity index (χ0) is 17.4. The Kier molecular flexibility index (Phi) is 3.53. The highest BCUT2D eigenvalue weighted by molar-refractivity contribution is 6.12. The maximum absolute atomic E-state index is 11.8. The lowest BCUT2D eigenvalue weighted by Gasteiger charge is -2.27. The van der Waals surface area contributed by atoms with Gasteiger partial charge in [-0.25, -0.2) is 0 Å². The molecule has 0 saturated carbocycles. The molecule has 4 nitrogen and oxygen atoms in total. The van der Waals surface area contributed by atoms with Crippen LogP contribution in [0.4, 0.5) is 5.69 Å². The molecule has 0 saturated heterocycles. The third-order valence-electron chi connectivity index (χ3n) is 4.74. The topological polar surface area (TPSA) is 62.8 Å². The number of hydrogen-bond acceptors (Lipinski definition) is 4. The molecule has 1 aromatic heterocycles. The number of para-hydroxylation sites is 1. The van der Waals surface area contributed by atoms with Crippen molar-refractivity contribution in [3.05, 3.63) is 94.0 Å². The van der Waals surface area contributed by atoms with Gasteiger partial charge < -0.3 is 9.52 Å². The molecule has 2 aromatic carbocycles. The Morgan fingerprint density at radius 2 is 1.76 bits per heavy atom. The van der Waals surface area contributed by atoms with Gasteiger partial charge in [-0.15, -0.1) is 0 Å². The molecule has 0 amide bonds. The number of aliphatic imine (C=N–C) groups is 1. The van der Waals surface area contributed by atoms with Gasteiger partial charge in [0.15, 0.2) is 5.76 Å². The van der Waals surface area contributed by atoms with Crippen molar-refractivity contribution in [3.8, 4) is 5.75 Å². The van der Waals surface area contributed by atoms with Gasteiger partial charge in [-0.3, -0.25) is 9.79 Å². The second kappa shape index (κ2) is 5.74. The number of rotatable bonds is 3. The Hall–Kier alpha value is -3.14. The van der Waals surface area contributed by atoms with Crippen LogP contribution in [-0.4, -0.2) is 10.8 Å². The molecule has 124 valence electrons. The van der Waals surface area contributed by atoms with Gasteiger partial charge in [-0.2, -0.15) is 0 Å². The van der Waals surface area contributed by atoms with Gasteiger partial charge in [0.25, 0.3) is 0 Å². The fourth-order valence-electron chi connectivity index (χ4n) is 3.46. The summed E-state index contributed by atoms with van der Waals surface area (Å²) in [4.78, 5) is 16.6. The smallest absolute Gasteiger partial charge is 0.226 e. The summed E-state index contributed by atoms with van der Waals surface area (Å²) < 4.78 is 5.46. The molecule has 1 N–H and O–H groups in total. The number of benzene rings is 2. The van der Waals surface area contributed by atoms with E-state index in [1.807, 2.05) is 54.6 Å². The Labute approximate surface area is 145 Å². The fourth-order valence-corrected chi connectivity index (χ4v) is 3.46. The van der Waals surface area contributed by atoms with Gasteiger partial charge in [0.2, 0.25) is 11.2 Å². The SMILES string of the molecule is C[C@]1(Cc2occc(=O)c2O)C(c2ccccc2)=Nc2ccccc21. The average Bonchev–Trinajstić information content (AvgIpc) is 2.93. The van der Waals surface area contributed by atoms with Crippen LogP contribution in [-0.2, 0) is 11.8 Å². The van der Waals surface area contributed by atoms with Gasteiger partial charge in [-0.05, 0) is 24.1 Å². The second-order valence-corrected chi connectivity index (χ2v) is 6.41. The third-order valence-corrected chi connectivity index (χ3v) is 4.74. The van der Waals surface area contributed by atoms with E-state index < -0.39 is 10.8 Å². The second-order valence-electron chi connectivity index (χ2n) is 6.41. The standard InChI is InChI=1S/C21H17NO3/c1-21(13-18-19(24)17(23)11-12-25-18)15-9-5-6-10-16(15)22-20(21)14-7-3-2-4-8-14/h2-12,24H,13H2,1H3/t21-/m1/s1. The Morgan fingerprint density at radius 3 is 2.56 bits per heavy atom. The highest BCUT2D eigenvalue weighted by Gasteiger charge is 2.41. The van der Waals surface area contributed by atoms with Gasteiger partial charge in [-0.1, -0.05) is 48.5 Å². The molecule has 1 aliphatic heterocycles. The van der Waals surface area contributed by atoms with Crippen LogP contribution >= 0.6 is 0 Å². The summed E-state index contributed by atoms with van der Waals surface area (Å²) >= 11 is 0. The summed E-state index contributed by atoms with van der Waals surface area (Å²) in [5, 5.41) is 10.1. The zero-order valence-corrected chi connectivity index (χ0v) is 13.8. The van der Waals surface area contributed by atoms with Crippen molar-refractivity contribution in [2.75, 3.05) is 0 Å². The molecule has 0 radical (unpaired) electrons. The quantitative estimate of drug-likeness (QED) is 0.789. The average molecular weight is 331 g/mol. The van der Waals surface area contributed by atoms with Crippen LogP contribution in [0.25, 0.3) is 0 Å². The molecule has 0 unspecified atom stereocenters. The summed E-state index contributed by atoms with van der Waals surface area (Å²) in [7, 11) is 0. The van der Waals surface area contributed by atoms with Crippen molar-refractivity contribution < 1.29 is 9.52 Å². The molecular formula is C21H17NO3. The van der Waals surface area contributed by atoms with E-state index in [0.29, 0.717) is 6.42 Å². The first-order valence-electron chi connectivity index (χ1n) is 8.13. The van der Waals surface area contributed by atoms with E-state index in [9.17, 15) is 9.90 Å². The van der Waals surface area contributed by atoms with E-state index in [0.717, 1.165) is 22.5 Å². The summed E-state index contributed by atoms with van der Waals surface area (Å²) in [5.41, 5.74) is 2.93. The molecule has 4 heteroatoms. The molecule has 0 bridgehead atoms. The van der Waals surface area contributed by atoms with Crippen molar-refractivity contribution in [3.63, 3.8) is 0 Å². The minimum atomic E-state index is -0.507. The van der Waals surface area contributed by atoms with Crippen molar-refractivity contribution in [2.45, 2.75) is 18.8 Å². The predicted octanol–water partition coefficient (Wildman–Crippen LogP) is 3.98. The molecule has 0 aliphatic carbocycles. The molecular weight excluding hydrogens is 314 g/mol. The third kappa shape index (κ3) is 2.47. The first-order valence-corrected chi connectivity index (χ1v) is 8.13. The largest absolute Gasteiger partial charge is 0.502 e. The van der Waals surface area contributed by atoms with Crippen LogP contribution < -0.4 is 5.43 Å². The molecule has 4 rings (SSSR count). The van der Waals surface area contributed by atoms with E-state index in [1.54, 1.807) is 0 Å². The molecule has 1 atom stereocenters. The van der Waals surface area contributed by atoms with Crippen molar-refractivity contribution >= 4 is 11.4 Å². The maximum Gasteiger partial charge on any atom is 0.226 e. The Bertz CT molecular complexity index is 1020. The van der Waals surface area contributed by atoms with E-state index in [4.69, 9.17) is 9.41 Å². The van der Waals surface area contributed by atoms with E-state index in [2.05, 4.69) is 6.92 Å². The van der Waals surface area contributed by atoms with Gasteiger partial charge >= 0.3 is 0 Å². The lowest BCUT2D eigenvalue weighted by molar-refractivity contribution is 0.385. The van der Waals surface area contributed by atoms with Crippen LogP contribution in [0, 0.1) is 0 Å². The Morgan fingerprint density at radius 1 is 1.04 bits per heavy atom. The number of nitrogens with zero attached hydrogens (tertiary/aromatic N) is 1. The summed E-state index contributed by atoms with van der Waals surface area (Å²) in [6.45, 7) is 2.07. The number of aromatic hydroxyl groups is 1. The van der Waals surface area contributed by atoms with E-state index >= 15 is 0 Å². The minimum absolute atomic E-state index is 0.273. The molecule has 1 aliphatic rings. The van der Waals surface area contributed by atoms with Crippen molar-refractivity contribution in [1.29, 1.82) is 0 Å².